The number of rotatable bonds is 8. The van der Waals surface area contributed by atoms with E-state index in [0.29, 0.717) is 0 Å². The molecule has 8 nitrogen and oxygen atoms in total. The lowest BCUT2D eigenvalue weighted by molar-refractivity contribution is -0.139. The maximum absolute atomic E-state index is 10.9. The van der Waals surface area contributed by atoms with Gasteiger partial charge in [0.15, 0.2) is 0 Å². The zero-order chi connectivity index (χ0) is 13.6. The number of nitrogens with two attached hydrogens (primary N) is 1. The van der Waals surface area contributed by atoms with Gasteiger partial charge in [-0.05, 0) is 6.42 Å². The van der Waals surface area contributed by atoms with E-state index in [9.17, 15) is 14.2 Å². The molecule has 9 heteroatoms. The molecule has 0 aliphatic rings. The molecule has 1 unspecified atom stereocenters. The van der Waals surface area contributed by atoms with Crippen LogP contribution >= 0.6 is 7.60 Å². The lowest BCUT2D eigenvalue weighted by Gasteiger charge is -2.21. The van der Waals surface area contributed by atoms with Crippen LogP contribution in [0.5, 0.6) is 0 Å². The smallest absolute Gasteiger partial charge is 0.346 e. The average molecular weight is 266 g/mol. The summed E-state index contributed by atoms with van der Waals surface area (Å²) in [4.78, 5) is 39.1. The van der Waals surface area contributed by atoms with Gasteiger partial charge in [-0.3, -0.25) is 19.5 Å². The summed E-state index contributed by atoms with van der Waals surface area (Å²) in [5.41, 5.74) is 4.86. The Morgan fingerprint density at radius 1 is 1.47 bits per heavy atom. The van der Waals surface area contributed by atoms with Gasteiger partial charge in [0.25, 0.3) is 0 Å². The Kier molecular flexibility index (Phi) is 6.04. The number of aliphatic carboxylic acids is 1. The van der Waals surface area contributed by atoms with E-state index in [0.717, 1.165) is 6.08 Å². The molecule has 0 aliphatic carbocycles. The van der Waals surface area contributed by atoms with Crippen molar-refractivity contribution in [2.24, 2.45) is 5.73 Å². The third kappa shape index (κ3) is 6.18. The molecule has 0 radical (unpaired) electrons. The molecule has 0 aliphatic heterocycles. The van der Waals surface area contributed by atoms with Crippen LogP contribution in [-0.4, -0.2) is 38.6 Å². The SMILES string of the molecule is C=CC(N[C@@H](CCC(N)=O)C(=O)O)P(=O)(O)O. The average Bonchev–Trinajstić information content (AvgIpc) is 2.14. The molecule has 0 spiro atoms. The van der Waals surface area contributed by atoms with E-state index in [1.165, 1.54) is 0 Å². The Labute approximate surface area is 97.7 Å². The molecule has 0 saturated carbocycles. The van der Waals surface area contributed by atoms with Crippen molar-refractivity contribution in [3.63, 3.8) is 0 Å². The second-order valence-electron chi connectivity index (χ2n) is 3.33. The van der Waals surface area contributed by atoms with Crippen molar-refractivity contribution < 1.29 is 29.0 Å². The molecule has 0 rings (SSSR count). The van der Waals surface area contributed by atoms with Crippen molar-refractivity contribution in [2.75, 3.05) is 0 Å². The van der Waals surface area contributed by atoms with Crippen LogP contribution in [-0.2, 0) is 14.2 Å². The Bertz CT molecular complexity index is 352. The first-order valence-corrected chi connectivity index (χ1v) is 6.31. The Morgan fingerprint density at radius 3 is 2.29 bits per heavy atom. The van der Waals surface area contributed by atoms with Gasteiger partial charge in [-0.1, -0.05) is 6.08 Å². The minimum Gasteiger partial charge on any atom is -0.480 e. The number of carbonyl (C=O) groups excluding carboxylic acids is 1. The molecule has 0 fully saturated rings. The predicted octanol–water partition coefficient (Wildman–Crippen LogP) is -1.02. The second kappa shape index (κ2) is 6.51. The van der Waals surface area contributed by atoms with Crippen LogP contribution in [0.2, 0.25) is 0 Å². The monoisotopic (exact) mass is 266 g/mol. The van der Waals surface area contributed by atoms with Gasteiger partial charge in [-0.15, -0.1) is 6.58 Å². The first-order chi connectivity index (χ1) is 7.68. The molecule has 6 N–H and O–H groups in total. The van der Waals surface area contributed by atoms with Crippen molar-refractivity contribution >= 4 is 19.5 Å². The highest BCUT2D eigenvalue weighted by atomic mass is 31.2. The van der Waals surface area contributed by atoms with Gasteiger partial charge < -0.3 is 20.6 Å². The number of amides is 1. The van der Waals surface area contributed by atoms with E-state index < -0.39 is 31.3 Å². The summed E-state index contributed by atoms with van der Waals surface area (Å²) in [5.74, 6) is -3.49. The Hall–Kier alpha value is -1.21. The third-order valence-electron chi connectivity index (χ3n) is 1.94. The molecule has 17 heavy (non-hydrogen) atoms. The largest absolute Gasteiger partial charge is 0.480 e. The van der Waals surface area contributed by atoms with Crippen LogP contribution < -0.4 is 11.1 Å². The fourth-order valence-electron chi connectivity index (χ4n) is 1.07. The van der Waals surface area contributed by atoms with Gasteiger partial charge >= 0.3 is 13.6 Å². The van der Waals surface area contributed by atoms with Crippen LogP contribution in [0.25, 0.3) is 0 Å². The normalized spacial score (nSPS) is 14.9. The van der Waals surface area contributed by atoms with E-state index in [4.69, 9.17) is 20.6 Å². The van der Waals surface area contributed by atoms with Crippen LogP contribution in [0.15, 0.2) is 12.7 Å². The highest BCUT2D eigenvalue weighted by molar-refractivity contribution is 7.52. The number of carbonyl (C=O) groups is 2. The molecule has 0 aromatic heterocycles. The Balaban J connectivity index is 4.63. The van der Waals surface area contributed by atoms with Crippen molar-refractivity contribution in [2.45, 2.75) is 24.7 Å². The van der Waals surface area contributed by atoms with E-state index in [1.54, 1.807) is 0 Å². The van der Waals surface area contributed by atoms with E-state index in [-0.39, 0.29) is 12.8 Å². The number of hydrogen-bond donors (Lipinski definition) is 5. The topological polar surface area (TPSA) is 150 Å². The van der Waals surface area contributed by atoms with Crippen molar-refractivity contribution in [3.05, 3.63) is 12.7 Å². The maximum Gasteiger partial charge on any atom is 0.346 e. The van der Waals surface area contributed by atoms with E-state index in [1.807, 2.05) is 0 Å². The van der Waals surface area contributed by atoms with E-state index in [2.05, 4.69) is 11.9 Å². The first-order valence-electron chi connectivity index (χ1n) is 4.63. The lowest BCUT2D eigenvalue weighted by atomic mass is 10.1. The standard InChI is InChI=1S/C8H15N2O6P/c1-2-7(17(14,15)16)10-5(8(12)13)3-4-6(9)11/h2,5,7,10H,1,3-4H2,(H2,9,11)(H,12,13)(H2,14,15,16)/t5-,7?/m0/s1. The summed E-state index contributed by atoms with van der Waals surface area (Å²) in [6.45, 7) is 3.20. The van der Waals surface area contributed by atoms with Crippen LogP contribution in [0.1, 0.15) is 12.8 Å². The third-order valence-corrected chi connectivity index (χ3v) is 3.02. The fourth-order valence-corrected chi connectivity index (χ4v) is 1.72. The molecule has 0 aromatic rings. The molecular formula is C8H15N2O6P. The number of carboxylic acids is 1. The summed E-state index contributed by atoms with van der Waals surface area (Å²) in [5, 5.41) is 11.0. The van der Waals surface area contributed by atoms with Crippen LogP contribution in [0.3, 0.4) is 0 Å². The highest BCUT2D eigenvalue weighted by Gasteiger charge is 2.30. The van der Waals surface area contributed by atoms with Gasteiger partial charge in [0.1, 0.15) is 11.8 Å². The summed E-state index contributed by atoms with van der Waals surface area (Å²) in [6.07, 6.45) is 0.560. The molecule has 0 bridgehead atoms. The molecule has 1 amide bonds. The highest BCUT2D eigenvalue weighted by Crippen LogP contribution is 2.40. The van der Waals surface area contributed by atoms with Crippen molar-refractivity contribution in [3.8, 4) is 0 Å². The predicted molar refractivity (Wildman–Crippen MR) is 59.0 cm³/mol. The molecular weight excluding hydrogens is 251 g/mol. The van der Waals surface area contributed by atoms with Crippen molar-refractivity contribution in [1.82, 2.24) is 5.32 Å². The van der Waals surface area contributed by atoms with Crippen molar-refractivity contribution in [1.29, 1.82) is 0 Å². The van der Waals surface area contributed by atoms with E-state index >= 15 is 0 Å². The number of primary amides is 1. The molecule has 2 atom stereocenters. The number of hydrogen-bond acceptors (Lipinski definition) is 4. The second-order valence-corrected chi connectivity index (χ2v) is 5.07. The summed E-state index contributed by atoms with van der Waals surface area (Å²) >= 11 is 0. The van der Waals surface area contributed by atoms with Gasteiger partial charge in [-0.2, -0.15) is 0 Å². The minimum absolute atomic E-state index is 0.158. The maximum atomic E-state index is 10.9. The van der Waals surface area contributed by atoms with Gasteiger partial charge in [0.05, 0.1) is 0 Å². The lowest BCUT2D eigenvalue weighted by Crippen LogP contribution is -2.42. The summed E-state index contributed by atoms with van der Waals surface area (Å²) in [6, 6.07) is -1.28. The zero-order valence-electron chi connectivity index (χ0n) is 8.94. The van der Waals surface area contributed by atoms with Gasteiger partial charge in [0, 0.05) is 6.42 Å². The number of carboxylic acid groups (broad SMARTS) is 1. The molecule has 0 heterocycles. The fraction of sp³-hybridized carbons (Fsp3) is 0.500. The molecule has 0 saturated heterocycles. The first kappa shape index (κ1) is 15.8. The quantitative estimate of drug-likeness (QED) is 0.279. The minimum atomic E-state index is -4.53. The molecule has 0 aromatic carbocycles. The molecule has 98 valence electrons. The van der Waals surface area contributed by atoms with Gasteiger partial charge in [0.2, 0.25) is 5.91 Å². The van der Waals surface area contributed by atoms with Gasteiger partial charge in [-0.25, -0.2) is 0 Å². The van der Waals surface area contributed by atoms with Crippen LogP contribution in [0, 0.1) is 0 Å². The van der Waals surface area contributed by atoms with Crippen LogP contribution in [0.4, 0.5) is 0 Å². The zero-order valence-corrected chi connectivity index (χ0v) is 9.84. The Morgan fingerprint density at radius 2 is 2.00 bits per heavy atom. The number of nitrogens with one attached hydrogen (secondary N) is 1. The summed E-state index contributed by atoms with van der Waals surface area (Å²) < 4.78 is 10.9. The summed E-state index contributed by atoms with van der Waals surface area (Å²) in [7, 11) is -4.53.